The lowest BCUT2D eigenvalue weighted by molar-refractivity contribution is 0.114. The minimum atomic E-state index is 0.276. The molecule has 1 aromatic rings. The minimum absolute atomic E-state index is 0.276. The molecule has 0 aliphatic carbocycles. The van der Waals surface area contributed by atoms with Crippen molar-refractivity contribution in [2.24, 2.45) is 0 Å². The maximum atomic E-state index is 5.55. The third kappa shape index (κ3) is 3.58. The molecule has 5 heteroatoms. The maximum Gasteiger partial charge on any atom is 0.161 e. The van der Waals surface area contributed by atoms with Crippen LogP contribution in [0.2, 0.25) is 0 Å². The fourth-order valence-corrected chi connectivity index (χ4v) is 2.30. The molecule has 1 aliphatic rings. The molecule has 4 nitrogen and oxygen atoms in total. The Morgan fingerprint density at radius 3 is 2.79 bits per heavy atom. The Morgan fingerprint density at radius 2 is 2.16 bits per heavy atom. The van der Waals surface area contributed by atoms with Crippen molar-refractivity contribution in [1.29, 1.82) is 0 Å². The fraction of sp³-hybridized carbons (Fsp3) is 0.500. The molecule has 1 N–H and O–H groups in total. The second kappa shape index (κ2) is 6.73. The van der Waals surface area contributed by atoms with E-state index in [1.165, 1.54) is 0 Å². The van der Waals surface area contributed by atoms with E-state index in [1.54, 1.807) is 14.2 Å². The van der Waals surface area contributed by atoms with Crippen molar-refractivity contribution in [3.63, 3.8) is 0 Å². The number of rotatable bonds is 5. The summed E-state index contributed by atoms with van der Waals surface area (Å²) in [5.74, 6) is 1.38. The Labute approximate surface area is 119 Å². The van der Waals surface area contributed by atoms with Crippen LogP contribution < -0.4 is 14.8 Å². The largest absolute Gasteiger partial charge is 0.493 e. The quantitative estimate of drug-likeness (QED) is 0.837. The van der Waals surface area contributed by atoms with Gasteiger partial charge in [-0.05, 0) is 31.0 Å². The molecule has 0 amide bonds. The highest BCUT2D eigenvalue weighted by Gasteiger charge is 2.16. The molecule has 19 heavy (non-hydrogen) atoms. The van der Waals surface area contributed by atoms with Gasteiger partial charge in [-0.25, -0.2) is 0 Å². The molecule has 0 spiro atoms. The SMILES string of the molecule is COc1ccc(C(=S)NCC2CCCO2)cc1OC. The van der Waals surface area contributed by atoms with Gasteiger partial charge < -0.3 is 19.5 Å². The first-order chi connectivity index (χ1) is 9.24. The zero-order valence-corrected chi connectivity index (χ0v) is 12.1. The molecule has 0 aromatic heterocycles. The topological polar surface area (TPSA) is 39.7 Å². The molecule has 1 fully saturated rings. The standard InChI is InChI=1S/C14H19NO3S/c1-16-12-6-5-10(8-13(12)17-2)14(19)15-9-11-4-3-7-18-11/h5-6,8,11H,3-4,7,9H2,1-2H3,(H,15,19). The zero-order chi connectivity index (χ0) is 13.7. The van der Waals surface area contributed by atoms with Crippen molar-refractivity contribution in [3.05, 3.63) is 23.8 Å². The zero-order valence-electron chi connectivity index (χ0n) is 11.3. The lowest BCUT2D eigenvalue weighted by Gasteiger charge is -2.14. The summed E-state index contributed by atoms with van der Waals surface area (Å²) in [4.78, 5) is 0.705. The number of hydrogen-bond donors (Lipinski definition) is 1. The Balaban J connectivity index is 1.98. The Kier molecular flexibility index (Phi) is 4.99. The van der Waals surface area contributed by atoms with E-state index in [0.29, 0.717) is 16.5 Å². The first-order valence-electron chi connectivity index (χ1n) is 6.36. The second-order valence-electron chi connectivity index (χ2n) is 4.41. The molecular weight excluding hydrogens is 262 g/mol. The van der Waals surface area contributed by atoms with Gasteiger partial charge in [0.2, 0.25) is 0 Å². The van der Waals surface area contributed by atoms with E-state index in [1.807, 2.05) is 18.2 Å². The molecule has 1 aliphatic heterocycles. The van der Waals surface area contributed by atoms with Gasteiger partial charge in [-0.15, -0.1) is 0 Å². The van der Waals surface area contributed by atoms with Gasteiger partial charge >= 0.3 is 0 Å². The van der Waals surface area contributed by atoms with Gasteiger partial charge in [0.05, 0.1) is 20.3 Å². The second-order valence-corrected chi connectivity index (χ2v) is 4.82. The van der Waals surface area contributed by atoms with Gasteiger partial charge in [0, 0.05) is 18.7 Å². The summed E-state index contributed by atoms with van der Waals surface area (Å²) in [6.45, 7) is 1.61. The summed E-state index contributed by atoms with van der Waals surface area (Å²) in [6.07, 6.45) is 2.51. The summed E-state index contributed by atoms with van der Waals surface area (Å²) in [6, 6.07) is 5.66. The Morgan fingerprint density at radius 1 is 1.37 bits per heavy atom. The average Bonchev–Trinajstić information content (AvgIpc) is 2.97. The van der Waals surface area contributed by atoms with Crippen molar-refractivity contribution >= 4 is 17.2 Å². The third-order valence-electron chi connectivity index (χ3n) is 3.16. The first kappa shape index (κ1) is 14.1. The molecule has 1 atom stereocenters. The Hall–Kier alpha value is -1.33. The van der Waals surface area contributed by atoms with Gasteiger partial charge in [-0.2, -0.15) is 0 Å². The summed E-state index contributed by atoms with van der Waals surface area (Å²) < 4.78 is 16.0. The molecule has 0 radical (unpaired) electrons. The van der Waals surface area contributed by atoms with E-state index in [-0.39, 0.29) is 6.10 Å². The van der Waals surface area contributed by atoms with E-state index in [4.69, 9.17) is 26.4 Å². The summed E-state index contributed by atoms with van der Waals surface area (Å²) in [7, 11) is 3.23. The van der Waals surface area contributed by atoms with Crippen LogP contribution in [-0.4, -0.2) is 38.5 Å². The lowest BCUT2D eigenvalue weighted by atomic mass is 10.2. The van der Waals surface area contributed by atoms with Crippen LogP contribution in [0.5, 0.6) is 11.5 Å². The number of hydrogen-bond acceptors (Lipinski definition) is 4. The van der Waals surface area contributed by atoms with Crippen LogP contribution in [0.1, 0.15) is 18.4 Å². The third-order valence-corrected chi connectivity index (χ3v) is 3.54. The molecule has 1 unspecified atom stereocenters. The van der Waals surface area contributed by atoms with Crippen molar-refractivity contribution < 1.29 is 14.2 Å². The van der Waals surface area contributed by atoms with E-state index in [2.05, 4.69) is 5.32 Å². The van der Waals surface area contributed by atoms with Gasteiger partial charge in [0.15, 0.2) is 11.5 Å². The Bertz CT molecular complexity index is 444. The molecule has 0 saturated carbocycles. The van der Waals surface area contributed by atoms with E-state index < -0.39 is 0 Å². The molecule has 0 bridgehead atoms. The van der Waals surface area contributed by atoms with Crippen molar-refractivity contribution in [2.45, 2.75) is 18.9 Å². The van der Waals surface area contributed by atoms with Gasteiger partial charge in [-0.3, -0.25) is 0 Å². The number of nitrogens with one attached hydrogen (secondary N) is 1. The van der Waals surface area contributed by atoms with Crippen LogP contribution in [0.3, 0.4) is 0 Å². The van der Waals surface area contributed by atoms with Crippen LogP contribution in [-0.2, 0) is 4.74 Å². The smallest absolute Gasteiger partial charge is 0.161 e. The summed E-state index contributed by atoms with van der Waals surface area (Å²) >= 11 is 5.38. The van der Waals surface area contributed by atoms with E-state index in [9.17, 15) is 0 Å². The highest BCUT2D eigenvalue weighted by atomic mass is 32.1. The van der Waals surface area contributed by atoms with Crippen molar-refractivity contribution in [1.82, 2.24) is 5.32 Å². The number of methoxy groups -OCH3 is 2. The highest BCUT2D eigenvalue weighted by molar-refractivity contribution is 7.80. The highest BCUT2D eigenvalue weighted by Crippen LogP contribution is 2.27. The van der Waals surface area contributed by atoms with E-state index in [0.717, 1.165) is 31.6 Å². The van der Waals surface area contributed by atoms with Gasteiger partial charge in [-0.1, -0.05) is 12.2 Å². The fourth-order valence-electron chi connectivity index (χ4n) is 2.09. The van der Waals surface area contributed by atoms with Crippen LogP contribution in [0.4, 0.5) is 0 Å². The number of thiocarbonyl (C=S) groups is 1. The number of ether oxygens (including phenoxy) is 3. The average molecular weight is 281 g/mol. The predicted octanol–water partition coefficient (Wildman–Crippen LogP) is 2.15. The van der Waals surface area contributed by atoms with Gasteiger partial charge in [0.1, 0.15) is 4.99 Å². The molecule has 104 valence electrons. The molecular formula is C14H19NO3S. The maximum absolute atomic E-state index is 5.55. The predicted molar refractivity (Wildman–Crippen MR) is 78.2 cm³/mol. The van der Waals surface area contributed by atoms with Gasteiger partial charge in [0.25, 0.3) is 0 Å². The molecule has 2 rings (SSSR count). The molecule has 1 saturated heterocycles. The number of benzene rings is 1. The van der Waals surface area contributed by atoms with Crippen LogP contribution in [0, 0.1) is 0 Å². The van der Waals surface area contributed by atoms with Crippen molar-refractivity contribution in [3.8, 4) is 11.5 Å². The molecule has 1 heterocycles. The van der Waals surface area contributed by atoms with Crippen LogP contribution in [0.15, 0.2) is 18.2 Å². The summed E-state index contributed by atoms with van der Waals surface area (Å²) in [5.41, 5.74) is 0.922. The van der Waals surface area contributed by atoms with Crippen LogP contribution in [0.25, 0.3) is 0 Å². The first-order valence-corrected chi connectivity index (χ1v) is 6.77. The lowest BCUT2D eigenvalue weighted by Crippen LogP contribution is -2.31. The molecule has 1 aromatic carbocycles. The van der Waals surface area contributed by atoms with Crippen molar-refractivity contribution in [2.75, 3.05) is 27.4 Å². The monoisotopic (exact) mass is 281 g/mol. The summed E-state index contributed by atoms with van der Waals surface area (Å²) in [5, 5.41) is 3.24. The van der Waals surface area contributed by atoms with E-state index >= 15 is 0 Å². The minimum Gasteiger partial charge on any atom is -0.493 e. The normalized spacial score (nSPS) is 18.1. The van der Waals surface area contributed by atoms with Crippen LogP contribution >= 0.6 is 12.2 Å².